The smallest absolute Gasteiger partial charge is 0.234 e. The maximum atomic E-state index is 11.5. The topological polar surface area (TPSA) is 71.3 Å². The van der Waals surface area contributed by atoms with E-state index >= 15 is 0 Å². The lowest BCUT2D eigenvalue weighted by Crippen LogP contribution is -2.22. The number of amides is 1. The number of rotatable bonds is 7. The van der Waals surface area contributed by atoms with Gasteiger partial charge in [0.05, 0.1) is 13.2 Å². The number of nitrogens with zero attached hydrogens (tertiary/aromatic N) is 1. The summed E-state index contributed by atoms with van der Waals surface area (Å²) < 4.78 is 11.2. The molecule has 130 valence electrons. The Morgan fingerprint density at radius 2 is 1.88 bits per heavy atom. The van der Waals surface area contributed by atoms with Crippen molar-refractivity contribution in [3.8, 4) is 17.6 Å². The number of ether oxygens (including phenoxy) is 2. The van der Waals surface area contributed by atoms with Gasteiger partial charge in [0.15, 0.2) is 11.5 Å². The van der Waals surface area contributed by atoms with E-state index in [0.29, 0.717) is 32.7 Å². The first-order chi connectivity index (χ1) is 12.1. The molecule has 7 heteroatoms. The van der Waals surface area contributed by atoms with Gasteiger partial charge >= 0.3 is 0 Å². The van der Waals surface area contributed by atoms with Crippen LogP contribution in [0.15, 0.2) is 36.4 Å². The number of para-hydroxylation sites is 1. The number of nitrogens with one attached hydrogen (secondary N) is 1. The van der Waals surface area contributed by atoms with Crippen LogP contribution in [-0.4, -0.2) is 13.0 Å². The van der Waals surface area contributed by atoms with Gasteiger partial charge in [-0.2, -0.15) is 5.26 Å². The Hall–Kier alpha value is -2.42. The Morgan fingerprint density at radius 1 is 1.20 bits per heavy atom. The first kappa shape index (κ1) is 18.9. The molecule has 0 spiro atoms. The number of benzene rings is 2. The molecule has 0 radical (unpaired) electrons. The molecular formula is C18H16Cl2N2O3. The second-order valence-electron chi connectivity index (χ2n) is 5.05. The van der Waals surface area contributed by atoms with Crippen molar-refractivity contribution in [3.05, 3.63) is 57.6 Å². The molecule has 0 aliphatic carbocycles. The summed E-state index contributed by atoms with van der Waals surface area (Å²) in [6.45, 7) is 0.362. The zero-order valence-electron chi connectivity index (χ0n) is 13.5. The van der Waals surface area contributed by atoms with E-state index in [1.807, 2.05) is 0 Å². The molecule has 0 bridgehead atoms. The summed E-state index contributed by atoms with van der Waals surface area (Å²) >= 11 is 12.3. The molecule has 0 heterocycles. The molecule has 0 unspecified atom stereocenters. The van der Waals surface area contributed by atoms with Gasteiger partial charge in [0.2, 0.25) is 5.91 Å². The molecule has 0 saturated carbocycles. The number of carbonyl (C=O) groups excluding carboxylic acids is 1. The Bertz CT molecular complexity index is 783. The van der Waals surface area contributed by atoms with Gasteiger partial charge in [-0.25, -0.2) is 0 Å². The van der Waals surface area contributed by atoms with Gasteiger partial charge in [-0.05, 0) is 18.2 Å². The summed E-state index contributed by atoms with van der Waals surface area (Å²) in [6, 6.07) is 12.4. The third-order valence-electron chi connectivity index (χ3n) is 3.42. The highest BCUT2D eigenvalue weighted by atomic mass is 35.5. The fraction of sp³-hybridized carbons (Fsp3) is 0.222. The van der Waals surface area contributed by atoms with Crippen molar-refractivity contribution in [2.45, 2.75) is 19.6 Å². The van der Waals surface area contributed by atoms with Crippen molar-refractivity contribution in [2.75, 3.05) is 7.11 Å². The van der Waals surface area contributed by atoms with Gasteiger partial charge in [0.25, 0.3) is 0 Å². The molecule has 25 heavy (non-hydrogen) atoms. The lowest BCUT2D eigenvalue weighted by atomic mass is 10.1. The summed E-state index contributed by atoms with van der Waals surface area (Å²) in [5.74, 6) is 0.652. The van der Waals surface area contributed by atoms with E-state index < -0.39 is 0 Å². The molecule has 1 N–H and O–H groups in total. The fourth-order valence-corrected chi connectivity index (χ4v) is 2.67. The van der Waals surface area contributed by atoms with Crippen LogP contribution in [0.5, 0.6) is 11.5 Å². The molecule has 2 rings (SSSR count). The van der Waals surface area contributed by atoms with Crippen molar-refractivity contribution in [2.24, 2.45) is 0 Å². The number of halogens is 2. The molecule has 0 atom stereocenters. The van der Waals surface area contributed by atoms with Crippen LogP contribution in [-0.2, 0) is 17.9 Å². The molecule has 1 amide bonds. The fourth-order valence-electron chi connectivity index (χ4n) is 2.17. The summed E-state index contributed by atoms with van der Waals surface area (Å²) in [4.78, 5) is 11.5. The van der Waals surface area contributed by atoms with Crippen molar-refractivity contribution in [3.63, 3.8) is 0 Å². The first-order valence-electron chi connectivity index (χ1n) is 7.42. The summed E-state index contributed by atoms with van der Waals surface area (Å²) in [7, 11) is 1.53. The number of hydrogen-bond donors (Lipinski definition) is 1. The van der Waals surface area contributed by atoms with Crippen molar-refractivity contribution < 1.29 is 14.3 Å². The standard InChI is InChI=1S/C18H16Cl2N2O3/c1-24-16-7-2-4-12(10-22-17(23)8-9-21)18(16)25-11-13-14(19)5-3-6-15(13)20/h2-7H,8,10-11H2,1H3,(H,22,23). The average Bonchev–Trinajstić information content (AvgIpc) is 2.60. The predicted octanol–water partition coefficient (Wildman–Crippen LogP) is 4.11. The quantitative estimate of drug-likeness (QED) is 0.786. The van der Waals surface area contributed by atoms with Crippen molar-refractivity contribution >= 4 is 29.1 Å². The number of hydrogen-bond acceptors (Lipinski definition) is 4. The highest BCUT2D eigenvalue weighted by Gasteiger charge is 2.14. The molecule has 0 aliphatic rings. The number of methoxy groups -OCH3 is 1. The van der Waals surface area contributed by atoms with E-state index in [9.17, 15) is 4.79 Å². The lowest BCUT2D eigenvalue weighted by molar-refractivity contribution is -0.120. The van der Waals surface area contributed by atoms with Crippen LogP contribution in [0.25, 0.3) is 0 Å². The van der Waals surface area contributed by atoms with E-state index in [-0.39, 0.29) is 25.5 Å². The van der Waals surface area contributed by atoms with Crippen molar-refractivity contribution in [1.29, 1.82) is 5.26 Å². The monoisotopic (exact) mass is 378 g/mol. The van der Waals surface area contributed by atoms with Crippen LogP contribution in [0, 0.1) is 11.3 Å². The normalized spacial score (nSPS) is 10.0. The summed E-state index contributed by atoms with van der Waals surface area (Å²) in [5.41, 5.74) is 1.38. The molecule has 0 saturated heterocycles. The van der Waals surface area contributed by atoms with Gasteiger partial charge < -0.3 is 14.8 Å². The van der Waals surface area contributed by atoms with Crippen LogP contribution in [0.2, 0.25) is 10.0 Å². The molecule has 5 nitrogen and oxygen atoms in total. The van der Waals surface area contributed by atoms with E-state index in [1.54, 1.807) is 42.5 Å². The molecule has 2 aromatic rings. The lowest BCUT2D eigenvalue weighted by Gasteiger charge is -2.16. The van der Waals surface area contributed by atoms with E-state index in [4.69, 9.17) is 37.9 Å². The minimum atomic E-state index is -0.356. The minimum Gasteiger partial charge on any atom is -0.493 e. The number of nitriles is 1. The predicted molar refractivity (Wildman–Crippen MR) is 95.9 cm³/mol. The second kappa shape index (κ2) is 9.16. The number of carbonyl (C=O) groups is 1. The van der Waals surface area contributed by atoms with E-state index in [0.717, 1.165) is 0 Å². The third kappa shape index (κ3) is 5.02. The van der Waals surface area contributed by atoms with Crippen LogP contribution < -0.4 is 14.8 Å². The Labute approximate surface area is 156 Å². The molecular weight excluding hydrogens is 363 g/mol. The summed E-state index contributed by atoms with van der Waals surface area (Å²) in [6.07, 6.45) is -0.199. The maximum absolute atomic E-state index is 11.5. The van der Waals surface area contributed by atoms with Crippen LogP contribution in [0.3, 0.4) is 0 Å². The third-order valence-corrected chi connectivity index (χ3v) is 4.13. The first-order valence-corrected chi connectivity index (χ1v) is 8.17. The van der Waals surface area contributed by atoms with Gasteiger partial charge in [0, 0.05) is 27.7 Å². The molecule has 0 aromatic heterocycles. The highest BCUT2D eigenvalue weighted by Crippen LogP contribution is 2.33. The largest absolute Gasteiger partial charge is 0.493 e. The van der Waals surface area contributed by atoms with E-state index in [1.165, 1.54) is 7.11 Å². The van der Waals surface area contributed by atoms with Gasteiger partial charge in [0.1, 0.15) is 13.0 Å². The van der Waals surface area contributed by atoms with Gasteiger partial charge in [-0.1, -0.05) is 41.4 Å². The Kier molecular flexibility index (Phi) is 6.93. The Morgan fingerprint density at radius 3 is 2.52 bits per heavy atom. The van der Waals surface area contributed by atoms with Gasteiger partial charge in [-0.3, -0.25) is 4.79 Å². The van der Waals surface area contributed by atoms with Crippen LogP contribution in [0.1, 0.15) is 17.5 Å². The zero-order chi connectivity index (χ0) is 18.2. The molecule has 0 fully saturated rings. The Balaban J connectivity index is 2.20. The molecule has 0 aliphatic heterocycles. The van der Waals surface area contributed by atoms with Crippen molar-refractivity contribution in [1.82, 2.24) is 5.32 Å². The maximum Gasteiger partial charge on any atom is 0.234 e. The molecule has 2 aromatic carbocycles. The minimum absolute atomic E-state index is 0.151. The SMILES string of the molecule is COc1cccc(CNC(=O)CC#N)c1OCc1c(Cl)cccc1Cl. The van der Waals surface area contributed by atoms with Crippen LogP contribution in [0.4, 0.5) is 0 Å². The highest BCUT2D eigenvalue weighted by molar-refractivity contribution is 6.35. The average molecular weight is 379 g/mol. The van der Waals surface area contributed by atoms with E-state index in [2.05, 4.69) is 5.32 Å². The van der Waals surface area contributed by atoms with Crippen LogP contribution >= 0.6 is 23.2 Å². The van der Waals surface area contributed by atoms with Gasteiger partial charge in [-0.15, -0.1) is 0 Å². The zero-order valence-corrected chi connectivity index (χ0v) is 15.0. The summed E-state index contributed by atoms with van der Waals surface area (Å²) in [5, 5.41) is 12.2. The second-order valence-corrected chi connectivity index (χ2v) is 5.86.